The van der Waals surface area contributed by atoms with Gasteiger partial charge in [0.05, 0.1) is 0 Å². The van der Waals surface area contributed by atoms with Crippen LogP contribution in [0.4, 0.5) is 17.1 Å². The SMILES string of the molecule is c1ccc(-c2ccc(N(c3ccc(-c4ccccc4)cc3)c3ccc4c(c3)cc(-c3ccccc3)c3c5ccccc5oc43)cc2)cc1. The molecule has 0 amide bonds. The fourth-order valence-corrected chi connectivity index (χ4v) is 6.91. The van der Waals surface area contributed by atoms with E-state index in [1.54, 1.807) is 0 Å². The van der Waals surface area contributed by atoms with Crippen LogP contribution in [0.1, 0.15) is 0 Å². The lowest BCUT2D eigenvalue weighted by atomic mass is 9.95. The molecule has 2 nitrogen and oxygen atoms in total. The van der Waals surface area contributed by atoms with Crippen molar-refractivity contribution in [3.8, 4) is 33.4 Å². The average Bonchev–Trinajstić information content (AvgIpc) is 3.56. The molecule has 1 aromatic heterocycles. The Bertz CT molecular complexity index is 2430. The predicted molar refractivity (Wildman–Crippen MR) is 202 cm³/mol. The van der Waals surface area contributed by atoms with E-state index in [9.17, 15) is 0 Å². The van der Waals surface area contributed by atoms with Gasteiger partial charge in [-0.2, -0.15) is 0 Å². The van der Waals surface area contributed by atoms with E-state index in [1.807, 2.05) is 6.07 Å². The second-order valence-electron chi connectivity index (χ2n) is 12.2. The minimum absolute atomic E-state index is 0.903. The molecule has 0 fully saturated rings. The summed E-state index contributed by atoms with van der Waals surface area (Å²) in [5.74, 6) is 0. The smallest absolute Gasteiger partial charge is 0.143 e. The van der Waals surface area contributed by atoms with Crippen LogP contribution in [-0.2, 0) is 0 Å². The van der Waals surface area contributed by atoms with Crippen LogP contribution in [0.2, 0.25) is 0 Å². The number of furan rings is 1. The third-order valence-corrected chi connectivity index (χ3v) is 9.25. The molecule has 0 saturated carbocycles. The summed E-state index contributed by atoms with van der Waals surface area (Å²) in [5, 5.41) is 4.52. The standard InChI is InChI=1S/C46H31NO/c1-4-12-32(13-5-1)34-20-24-38(25-21-34)47(39-26-22-35(23-27-39)33-14-6-2-7-15-33)40-28-29-41-37(30-40)31-43(36-16-8-3-9-17-36)45-42-18-10-11-19-44(42)48-46(41)45/h1-31H. The van der Waals surface area contributed by atoms with Crippen molar-refractivity contribution in [2.24, 2.45) is 0 Å². The number of fused-ring (bicyclic) bond motifs is 5. The molecule has 0 saturated heterocycles. The summed E-state index contributed by atoms with van der Waals surface area (Å²) >= 11 is 0. The summed E-state index contributed by atoms with van der Waals surface area (Å²) < 4.78 is 6.59. The van der Waals surface area contributed by atoms with Crippen molar-refractivity contribution < 1.29 is 4.42 Å². The van der Waals surface area contributed by atoms with Gasteiger partial charge in [-0.15, -0.1) is 0 Å². The van der Waals surface area contributed by atoms with Gasteiger partial charge in [0.1, 0.15) is 11.2 Å². The van der Waals surface area contributed by atoms with E-state index in [1.165, 1.54) is 33.4 Å². The van der Waals surface area contributed by atoms with Gasteiger partial charge in [-0.1, -0.05) is 133 Å². The van der Waals surface area contributed by atoms with Crippen molar-refractivity contribution in [2.45, 2.75) is 0 Å². The molecule has 9 aromatic rings. The highest BCUT2D eigenvalue weighted by molar-refractivity contribution is 6.21. The van der Waals surface area contributed by atoms with Crippen LogP contribution in [0, 0.1) is 0 Å². The summed E-state index contributed by atoms with van der Waals surface area (Å²) in [6.45, 7) is 0. The second kappa shape index (κ2) is 11.8. The molecule has 0 aliphatic heterocycles. The second-order valence-corrected chi connectivity index (χ2v) is 12.2. The van der Waals surface area contributed by atoms with Crippen molar-refractivity contribution in [2.75, 3.05) is 4.90 Å². The van der Waals surface area contributed by atoms with Gasteiger partial charge in [-0.05, 0) is 93.4 Å². The number of rotatable bonds is 6. The quantitative estimate of drug-likeness (QED) is 0.185. The molecule has 0 radical (unpaired) electrons. The molecule has 0 unspecified atom stereocenters. The Morgan fingerprint density at radius 2 is 0.833 bits per heavy atom. The van der Waals surface area contributed by atoms with Crippen molar-refractivity contribution in [3.05, 3.63) is 188 Å². The van der Waals surface area contributed by atoms with Crippen LogP contribution in [0.25, 0.3) is 66.1 Å². The number of hydrogen-bond acceptors (Lipinski definition) is 2. The van der Waals surface area contributed by atoms with Gasteiger partial charge in [0, 0.05) is 33.2 Å². The van der Waals surface area contributed by atoms with Crippen LogP contribution < -0.4 is 4.90 Å². The summed E-state index contributed by atoms with van der Waals surface area (Å²) in [6.07, 6.45) is 0. The average molecular weight is 614 g/mol. The van der Waals surface area contributed by atoms with E-state index in [0.717, 1.165) is 49.8 Å². The lowest BCUT2D eigenvalue weighted by Crippen LogP contribution is -2.09. The van der Waals surface area contributed by atoms with Crippen LogP contribution in [0.5, 0.6) is 0 Å². The molecule has 0 atom stereocenters. The zero-order valence-electron chi connectivity index (χ0n) is 26.3. The van der Waals surface area contributed by atoms with Crippen molar-refractivity contribution in [3.63, 3.8) is 0 Å². The highest BCUT2D eigenvalue weighted by Crippen LogP contribution is 2.44. The Balaban J connectivity index is 1.23. The normalized spacial score (nSPS) is 11.3. The van der Waals surface area contributed by atoms with E-state index in [2.05, 4.69) is 187 Å². The van der Waals surface area contributed by atoms with Gasteiger partial charge >= 0.3 is 0 Å². The molecule has 1 heterocycles. The van der Waals surface area contributed by atoms with Crippen LogP contribution >= 0.6 is 0 Å². The number of anilines is 3. The first-order valence-electron chi connectivity index (χ1n) is 16.3. The first-order valence-corrected chi connectivity index (χ1v) is 16.3. The Kier molecular flexibility index (Phi) is 6.84. The molecular weight excluding hydrogens is 583 g/mol. The first-order chi connectivity index (χ1) is 23.8. The van der Waals surface area contributed by atoms with Gasteiger partial charge in [-0.3, -0.25) is 0 Å². The Labute approximate surface area is 279 Å². The Hall–Kier alpha value is -6.38. The summed E-state index contributed by atoms with van der Waals surface area (Å²) in [6, 6.07) is 66.8. The molecule has 0 spiro atoms. The summed E-state index contributed by atoms with van der Waals surface area (Å²) in [5.41, 5.74) is 12.2. The third-order valence-electron chi connectivity index (χ3n) is 9.25. The monoisotopic (exact) mass is 613 g/mol. The van der Waals surface area contributed by atoms with Crippen molar-refractivity contribution in [1.29, 1.82) is 0 Å². The third kappa shape index (κ3) is 4.92. The highest BCUT2D eigenvalue weighted by atomic mass is 16.3. The lowest BCUT2D eigenvalue weighted by molar-refractivity contribution is 0.673. The van der Waals surface area contributed by atoms with E-state index in [0.29, 0.717) is 0 Å². The van der Waals surface area contributed by atoms with Crippen LogP contribution in [0.15, 0.2) is 192 Å². The molecule has 0 aliphatic carbocycles. The van der Waals surface area contributed by atoms with Gasteiger partial charge in [-0.25, -0.2) is 0 Å². The zero-order valence-corrected chi connectivity index (χ0v) is 26.3. The Morgan fingerprint density at radius 3 is 1.42 bits per heavy atom. The molecule has 9 rings (SSSR count). The molecule has 0 aliphatic rings. The molecular formula is C46H31NO. The van der Waals surface area contributed by atoms with Gasteiger partial charge in [0.15, 0.2) is 0 Å². The van der Waals surface area contributed by atoms with Crippen LogP contribution in [-0.4, -0.2) is 0 Å². The maximum atomic E-state index is 6.59. The molecule has 0 bridgehead atoms. The lowest BCUT2D eigenvalue weighted by Gasteiger charge is -2.26. The number of benzene rings is 8. The van der Waals surface area contributed by atoms with E-state index >= 15 is 0 Å². The highest BCUT2D eigenvalue weighted by Gasteiger charge is 2.19. The van der Waals surface area contributed by atoms with Crippen LogP contribution in [0.3, 0.4) is 0 Å². The molecule has 2 heteroatoms. The molecule has 48 heavy (non-hydrogen) atoms. The minimum atomic E-state index is 0.903. The summed E-state index contributed by atoms with van der Waals surface area (Å²) in [4.78, 5) is 2.34. The fraction of sp³-hybridized carbons (Fsp3) is 0. The number of para-hydroxylation sites is 1. The van der Waals surface area contributed by atoms with Gasteiger partial charge < -0.3 is 9.32 Å². The number of nitrogens with zero attached hydrogens (tertiary/aromatic N) is 1. The molecule has 0 N–H and O–H groups in total. The van der Waals surface area contributed by atoms with Crippen molar-refractivity contribution >= 4 is 49.8 Å². The predicted octanol–water partition coefficient (Wildman–Crippen LogP) is 13.2. The van der Waals surface area contributed by atoms with E-state index in [-0.39, 0.29) is 0 Å². The van der Waals surface area contributed by atoms with Gasteiger partial charge in [0.2, 0.25) is 0 Å². The summed E-state index contributed by atoms with van der Waals surface area (Å²) in [7, 11) is 0. The fourth-order valence-electron chi connectivity index (χ4n) is 6.91. The maximum Gasteiger partial charge on any atom is 0.143 e. The van der Waals surface area contributed by atoms with Gasteiger partial charge in [0.25, 0.3) is 0 Å². The first kappa shape index (κ1) is 27.9. The van der Waals surface area contributed by atoms with E-state index in [4.69, 9.17) is 4.42 Å². The number of hydrogen-bond donors (Lipinski definition) is 0. The zero-order chi connectivity index (χ0) is 31.9. The van der Waals surface area contributed by atoms with E-state index < -0.39 is 0 Å². The minimum Gasteiger partial charge on any atom is -0.455 e. The van der Waals surface area contributed by atoms with Crippen molar-refractivity contribution in [1.82, 2.24) is 0 Å². The maximum absolute atomic E-state index is 6.59. The molecule has 226 valence electrons. The Morgan fingerprint density at radius 1 is 0.354 bits per heavy atom. The molecule has 8 aromatic carbocycles. The topological polar surface area (TPSA) is 16.4 Å². The largest absolute Gasteiger partial charge is 0.455 e.